The number of fused-ring (bicyclic) bond motifs is 3. The number of phenolic OH excluding ortho intramolecular Hbond substituents is 1. The van der Waals surface area contributed by atoms with Gasteiger partial charge in [-0.15, -0.1) is 0 Å². The molecule has 2 fully saturated rings. The van der Waals surface area contributed by atoms with E-state index in [1.54, 1.807) is 19.9 Å². The second kappa shape index (κ2) is 10.3. The van der Waals surface area contributed by atoms with Gasteiger partial charge in [0.15, 0.2) is 6.39 Å². The number of hydrogen-bond acceptors (Lipinski definition) is 10. The third-order valence-electron chi connectivity index (χ3n) is 8.64. The molecule has 2 aromatic carbocycles. The Balaban J connectivity index is 1.37. The maximum atomic E-state index is 15.1. The predicted molar refractivity (Wildman–Crippen MR) is 154 cm³/mol. The summed E-state index contributed by atoms with van der Waals surface area (Å²) in [6.07, 6.45) is 2.54. The predicted octanol–water partition coefficient (Wildman–Crippen LogP) is 5.42. The van der Waals surface area contributed by atoms with E-state index in [2.05, 4.69) is 25.2 Å². The van der Waals surface area contributed by atoms with Crippen molar-refractivity contribution in [3.63, 3.8) is 0 Å². The Morgan fingerprint density at radius 3 is 2.91 bits per heavy atom. The molecule has 0 unspecified atom stereocenters. The lowest BCUT2D eigenvalue weighted by Crippen LogP contribution is -2.43. The van der Waals surface area contributed by atoms with Crippen LogP contribution in [0.1, 0.15) is 36.3 Å². The summed E-state index contributed by atoms with van der Waals surface area (Å²) < 4.78 is 46.7. The Kier molecular flexibility index (Phi) is 6.53. The first-order valence-electron chi connectivity index (χ1n) is 14.1. The molecule has 12 heteroatoms. The number of nitrogens with zero attached hydrogens (tertiary/aromatic N) is 4. The van der Waals surface area contributed by atoms with Gasteiger partial charge in [0.1, 0.15) is 52.8 Å². The fourth-order valence-corrected chi connectivity index (χ4v) is 6.54. The van der Waals surface area contributed by atoms with Crippen molar-refractivity contribution in [3.8, 4) is 23.1 Å². The molecule has 222 valence electrons. The average Bonchev–Trinajstić information content (AvgIpc) is 3.65. The number of anilines is 1. The van der Waals surface area contributed by atoms with Crippen LogP contribution in [0, 0.1) is 19.7 Å². The summed E-state index contributed by atoms with van der Waals surface area (Å²) in [6.45, 7) is 5.04. The average molecular weight is 590 g/mol. The van der Waals surface area contributed by atoms with Crippen LogP contribution in [0.5, 0.6) is 11.8 Å². The highest BCUT2D eigenvalue weighted by Crippen LogP contribution is 2.41. The van der Waals surface area contributed by atoms with Crippen molar-refractivity contribution < 1.29 is 27.5 Å². The molecular weight excluding hydrogens is 560 g/mol. The van der Waals surface area contributed by atoms with Crippen LogP contribution in [0.25, 0.3) is 33.0 Å². The van der Waals surface area contributed by atoms with E-state index in [0.29, 0.717) is 35.4 Å². The minimum atomic E-state index is -0.920. The van der Waals surface area contributed by atoms with Crippen LogP contribution in [-0.4, -0.2) is 56.4 Å². The molecule has 2 atom stereocenters. The van der Waals surface area contributed by atoms with E-state index in [0.717, 1.165) is 19.4 Å². The summed E-state index contributed by atoms with van der Waals surface area (Å²) in [7, 11) is 0. The SMILES string of the molecule is Cc1ocnc1CNc1nc(OC[C@@]23CCCN2C[C@H](F)C3)nc2c(C)c(-c3cc(O)cc4cccc(F)c34)oc(=O)c12. The topological polar surface area (TPSA) is 127 Å². The number of aromatic hydroxyl groups is 1. The zero-order valence-corrected chi connectivity index (χ0v) is 23.6. The van der Waals surface area contributed by atoms with Gasteiger partial charge >= 0.3 is 11.6 Å². The molecule has 0 spiro atoms. The van der Waals surface area contributed by atoms with Gasteiger partial charge in [0, 0.05) is 29.5 Å². The van der Waals surface area contributed by atoms with Crippen LogP contribution in [0.2, 0.25) is 0 Å². The number of alkyl halides is 1. The number of nitrogens with one attached hydrogen (secondary N) is 1. The monoisotopic (exact) mass is 589 g/mol. The number of benzene rings is 2. The van der Waals surface area contributed by atoms with Gasteiger partial charge in [-0.3, -0.25) is 4.90 Å². The van der Waals surface area contributed by atoms with Crippen LogP contribution in [0.15, 0.2) is 50.4 Å². The van der Waals surface area contributed by atoms with E-state index in [9.17, 15) is 14.3 Å². The molecule has 3 aromatic heterocycles. The number of aryl methyl sites for hydroxylation is 2. The van der Waals surface area contributed by atoms with Crippen molar-refractivity contribution in [2.24, 2.45) is 0 Å². The van der Waals surface area contributed by atoms with E-state index < -0.39 is 23.2 Å². The van der Waals surface area contributed by atoms with E-state index in [1.807, 2.05) is 0 Å². The molecular formula is C31H29F2N5O5. The maximum Gasteiger partial charge on any atom is 0.349 e. The third-order valence-corrected chi connectivity index (χ3v) is 8.64. The van der Waals surface area contributed by atoms with E-state index in [-0.39, 0.29) is 58.3 Å². The summed E-state index contributed by atoms with van der Waals surface area (Å²) in [4.78, 5) is 29.1. The molecule has 2 N–H and O–H groups in total. The number of halogens is 2. The smallest absolute Gasteiger partial charge is 0.349 e. The van der Waals surface area contributed by atoms with Gasteiger partial charge in [-0.2, -0.15) is 9.97 Å². The zero-order chi connectivity index (χ0) is 29.9. The molecule has 2 aliphatic rings. The van der Waals surface area contributed by atoms with Crippen molar-refractivity contribution in [2.45, 2.75) is 51.4 Å². The standard InChI is InChI=1S/C31H29F2N5O5/c1-16-26-25(29(40)43-27(16)21-10-20(39)9-18-5-3-6-22(33)24(18)21)28(34-12-23-17(2)42-15-35-23)37-30(36-26)41-14-31-7-4-8-38(31)13-19(32)11-31/h3,5-6,9-10,15,19,39H,4,7-8,11-14H2,1-2H3,(H,34,36,37)/t19-,31+/m1/s1. The molecule has 0 saturated carbocycles. The van der Waals surface area contributed by atoms with Crippen LogP contribution in [-0.2, 0) is 6.54 Å². The minimum absolute atomic E-state index is 0.00186. The van der Waals surface area contributed by atoms with Crippen LogP contribution < -0.4 is 15.7 Å². The first kappa shape index (κ1) is 27.3. The Morgan fingerprint density at radius 2 is 2.09 bits per heavy atom. The Bertz CT molecular complexity index is 1940. The van der Waals surface area contributed by atoms with Crippen LogP contribution in [0.3, 0.4) is 0 Å². The Morgan fingerprint density at radius 1 is 1.23 bits per heavy atom. The lowest BCUT2D eigenvalue weighted by molar-refractivity contribution is 0.107. The van der Waals surface area contributed by atoms with Gasteiger partial charge < -0.3 is 24.0 Å². The summed E-state index contributed by atoms with van der Waals surface area (Å²) in [5, 5.41) is 14.3. The lowest BCUT2D eigenvalue weighted by Gasteiger charge is -2.30. The molecule has 43 heavy (non-hydrogen) atoms. The third kappa shape index (κ3) is 4.66. The van der Waals surface area contributed by atoms with Crippen LogP contribution in [0.4, 0.5) is 14.6 Å². The Hall–Kier alpha value is -4.58. The van der Waals surface area contributed by atoms with Gasteiger partial charge in [-0.05, 0) is 56.8 Å². The normalized spacial score (nSPS) is 20.2. The van der Waals surface area contributed by atoms with E-state index in [1.165, 1.54) is 30.7 Å². The quantitative estimate of drug-likeness (QED) is 0.254. The molecule has 0 aliphatic carbocycles. The lowest BCUT2D eigenvalue weighted by atomic mass is 9.95. The van der Waals surface area contributed by atoms with Crippen molar-refractivity contribution >= 4 is 27.5 Å². The highest BCUT2D eigenvalue weighted by atomic mass is 19.1. The fourth-order valence-electron chi connectivity index (χ4n) is 6.54. The molecule has 2 aliphatic heterocycles. The van der Waals surface area contributed by atoms with Gasteiger partial charge in [-0.1, -0.05) is 12.1 Å². The zero-order valence-electron chi connectivity index (χ0n) is 23.6. The molecule has 0 amide bonds. The summed E-state index contributed by atoms with van der Waals surface area (Å²) in [6, 6.07) is 7.30. The highest BCUT2D eigenvalue weighted by Gasteiger charge is 2.49. The highest BCUT2D eigenvalue weighted by molar-refractivity contribution is 6.00. The molecule has 0 radical (unpaired) electrons. The second-order valence-corrected chi connectivity index (χ2v) is 11.3. The summed E-state index contributed by atoms with van der Waals surface area (Å²) >= 11 is 0. The van der Waals surface area contributed by atoms with Gasteiger partial charge in [0.2, 0.25) is 0 Å². The molecule has 10 nitrogen and oxygen atoms in total. The van der Waals surface area contributed by atoms with Crippen molar-refractivity contribution in [1.82, 2.24) is 19.9 Å². The molecule has 5 aromatic rings. The number of rotatable bonds is 7. The number of ether oxygens (including phenoxy) is 1. The molecule has 0 bridgehead atoms. The second-order valence-electron chi connectivity index (χ2n) is 11.3. The summed E-state index contributed by atoms with van der Waals surface area (Å²) in [5.41, 5.74) is 0.290. The Labute approximate surface area is 244 Å². The number of phenols is 1. The van der Waals surface area contributed by atoms with E-state index >= 15 is 4.39 Å². The minimum Gasteiger partial charge on any atom is -0.508 e. The first-order chi connectivity index (χ1) is 20.7. The van der Waals surface area contributed by atoms with Gasteiger partial charge in [-0.25, -0.2) is 18.6 Å². The maximum absolute atomic E-state index is 15.1. The van der Waals surface area contributed by atoms with Crippen molar-refractivity contribution in [3.05, 3.63) is 70.0 Å². The van der Waals surface area contributed by atoms with Crippen molar-refractivity contribution in [1.29, 1.82) is 0 Å². The van der Waals surface area contributed by atoms with Gasteiger partial charge in [0.25, 0.3) is 0 Å². The molecule has 2 saturated heterocycles. The van der Waals surface area contributed by atoms with Gasteiger partial charge in [0.05, 0.1) is 17.6 Å². The van der Waals surface area contributed by atoms with Crippen LogP contribution >= 0.6 is 0 Å². The fraction of sp³-hybridized carbons (Fsp3) is 0.355. The number of oxazole rings is 1. The van der Waals surface area contributed by atoms with E-state index in [4.69, 9.17) is 13.6 Å². The summed E-state index contributed by atoms with van der Waals surface area (Å²) in [5.74, 6) is 0.176. The first-order valence-corrected chi connectivity index (χ1v) is 14.1. The number of aromatic nitrogens is 3. The largest absolute Gasteiger partial charge is 0.508 e. The number of hydrogen-bond donors (Lipinski definition) is 2. The molecule has 7 rings (SSSR count). The molecule has 5 heterocycles. The van der Waals surface area contributed by atoms with Crippen molar-refractivity contribution in [2.75, 3.05) is 25.0 Å².